The molecule has 1 unspecified atom stereocenters. The summed E-state index contributed by atoms with van der Waals surface area (Å²) < 4.78 is 13.2. The minimum Gasteiger partial charge on any atom is -0.311 e. The van der Waals surface area contributed by atoms with Crippen LogP contribution in [0.25, 0.3) is 0 Å². The molecular formula is C13H17ClFN. The average Bonchev–Trinajstić information content (AvgIpc) is 2.47. The monoisotopic (exact) mass is 241 g/mol. The highest BCUT2D eigenvalue weighted by Gasteiger charge is 2.46. The van der Waals surface area contributed by atoms with Crippen LogP contribution in [0.3, 0.4) is 0 Å². The van der Waals surface area contributed by atoms with Gasteiger partial charge < -0.3 is 5.32 Å². The fourth-order valence-corrected chi connectivity index (χ4v) is 2.66. The fourth-order valence-electron chi connectivity index (χ4n) is 2.48. The van der Waals surface area contributed by atoms with Crippen molar-refractivity contribution in [2.24, 2.45) is 0 Å². The summed E-state index contributed by atoms with van der Waals surface area (Å²) in [6, 6.07) is 5.05. The first kappa shape index (κ1) is 11.9. The Hall–Kier alpha value is -0.600. The third-order valence-corrected chi connectivity index (χ3v) is 4.42. The van der Waals surface area contributed by atoms with E-state index in [2.05, 4.69) is 26.1 Å². The van der Waals surface area contributed by atoms with Crippen LogP contribution >= 0.6 is 11.6 Å². The summed E-state index contributed by atoms with van der Waals surface area (Å²) in [6.07, 6.45) is 1.04. The molecule has 1 fully saturated rings. The van der Waals surface area contributed by atoms with Gasteiger partial charge in [0.25, 0.3) is 0 Å². The molecule has 0 amide bonds. The predicted octanol–water partition coefficient (Wildman–Crippen LogP) is 3.51. The number of halogens is 2. The summed E-state index contributed by atoms with van der Waals surface area (Å²) in [5.41, 5.74) is 1.12. The van der Waals surface area contributed by atoms with Crippen LogP contribution in [0.1, 0.15) is 32.8 Å². The summed E-state index contributed by atoms with van der Waals surface area (Å²) in [6.45, 7) is 7.55. The topological polar surface area (TPSA) is 12.0 Å². The maximum atomic E-state index is 13.2. The molecule has 0 radical (unpaired) electrons. The minimum absolute atomic E-state index is 0.00431. The van der Waals surface area contributed by atoms with Gasteiger partial charge in [0.05, 0.1) is 5.02 Å². The van der Waals surface area contributed by atoms with Crippen LogP contribution < -0.4 is 5.32 Å². The largest absolute Gasteiger partial charge is 0.311 e. The molecular weight excluding hydrogens is 225 g/mol. The van der Waals surface area contributed by atoms with Gasteiger partial charge in [-0.05, 0) is 44.5 Å². The molecule has 1 aliphatic heterocycles. The maximum Gasteiger partial charge on any atom is 0.141 e. The predicted molar refractivity (Wildman–Crippen MR) is 65.5 cm³/mol. The molecule has 0 saturated carbocycles. The molecule has 1 aliphatic rings. The highest BCUT2D eigenvalue weighted by molar-refractivity contribution is 6.30. The van der Waals surface area contributed by atoms with Gasteiger partial charge in [0, 0.05) is 11.0 Å². The molecule has 1 N–H and O–H groups in total. The van der Waals surface area contributed by atoms with Crippen molar-refractivity contribution in [1.29, 1.82) is 0 Å². The van der Waals surface area contributed by atoms with Crippen molar-refractivity contribution in [3.8, 4) is 0 Å². The molecule has 1 aromatic rings. The number of hydrogen-bond acceptors (Lipinski definition) is 1. The summed E-state index contributed by atoms with van der Waals surface area (Å²) in [4.78, 5) is 0. The lowest BCUT2D eigenvalue weighted by Gasteiger charge is -2.38. The van der Waals surface area contributed by atoms with Gasteiger partial charge in [-0.3, -0.25) is 0 Å². The summed E-state index contributed by atoms with van der Waals surface area (Å²) >= 11 is 5.85. The molecule has 1 aromatic carbocycles. The molecule has 1 nitrogen and oxygen atoms in total. The minimum atomic E-state index is -0.349. The Morgan fingerprint density at radius 3 is 2.50 bits per heavy atom. The summed E-state index contributed by atoms with van der Waals surface area (Å²) in [7, 11) is 0. The Labute approximate surface area is 101 Å². The molecule has 0 spiro atoms. The van der Waals surface area contributed by atoms with E-state index in [0.29, 0.717) is 0 Å². The molecule has 3 heteroatoms. The van der Waals surface area contributed by atoms with Gasteiger partial charge in [0.15, 0.2) is 0 Å². The first-order chi connectivity index (χ1) is 7.37. The van der Waals surface area contributed by atoms with Gasteiger partial charge in [0.2, 0.25) is 0 Å². The van der Waals surface area contributed by atoms with Gasteiger partial charge in [-0.15, -0.1) is 0 Å². The van der Waals surface area contributed by atoms with E-state index in [0.717, 1.165) is 18.5 Å². The normalized spacial score (nSPS) is 28.3. The zero-order valence-corrected chi connectivity index (χ0v) is 10.7. The quantitative estimate of drug-likeness (QED) is 0.794. The second-order valence-corrected chi connectivity index (χ2v) is 5.67. The molecule has 1 atom stereocenters. The van der Waals surface area contributed by atoms with Crippen LogP contribution in [0.2, 0.25) is 5.02 Å². The van der Waals surface area contributed by atoms with Gasteiger partial charge in [-0.25, -0.2) is 4.39 Å². The Bertz CT molecular complexity index is 416. The van der Waals surface area contributed by atoms with E-state index in [1.54, 1.807) is 6.07 Å². The van der Waals surface area contributed by atoms with Crippen molar-refractivity contribution in [2.45, 2.75) is 38.1 Å². The Morgan fingerprint density at radius 1 is 1.31 bits per heavy atom. The molecule has 88 valence electrons. The Kier molecular flexibility index (Phi) is 2.75. The number of benzene rings is 1. The van der Waals surface area contributed by atoms with E-state index in [9.17, 15) is 4.39 Å². The van der Waals surface area contributed by atoms with Crippen molar-refractivity contribution in [1.82, 2.24) is 5.32 Å². The Morgan fingerprint density at radius 2 is 2.00 bits per heavy atom. The van der Waals surface area contributed by atoms with Crippen molar-refractivity contribution in [3.05, 3.63) is 34.6 Å². The first-order valence-electron chi connectivity index (χ1n) is 5.57. The van der Waals surface area contributed by atoms with E-state index in [4.69, 9.17) is 11.6 Å². The SMILES string of the molecule is CC1(C)NCCC1(C)c1ccc(F)c(Cl)c1. The van der Waals surface area contributed by atoms with Crippen molar-refractivity contribution < 1.29 is 4.39 Å². The van der Waals surface area contributed by atoms with Crippen LogP contribution in [-0.2, 0) is 5.41 Å². The number of nitrogens with one attached hydrogen (secondary N) is 1. The Balaban J connectivity index is 2.47. The number of rotatable bonds is 1. The highest BCUT2D eigenvalue weighted by Crippen LogP contribution is 2.42. The van der Waals surface area contributed by atoms with Gasteiger partial charge in [-0.1, -0.05) is 24.6 Å². The van der Waals surface area contributed by atoms with Gasteiger partial charge in [0.1, 0.15) is 5.82 Å². The second kappa shape index (κ2) is 3.71. The first-order valence-corrected chi connectivity index (χ1v) is 5.95. The van der Waals surface area contributed by atoms with Crippen LogP contribution in [0.5, 0.6) is 0 Å². The van der Waals surface area contributed by atoms with Crippen molar-refractivity contribution >= 4 is 11.6 Å². The van der Waals surface area contributed by atoms with E-state index >= 15 is 0 Å². The second-order valence-electron chi connectivity index (χ2n) is 5.26. The lowest BCUT2D eigenvalue weighted by Crippen LogP contribution is -2.47. The molecule has 16 heavy (non-hydrogen) atoms. The third-order valence-electron chi connectivity index (χ3n) is 4.13. The van der Waals surface area contributed by atoms with Crippen molar-refractivity contribution in [2.75, 3.05) is 6.54 Å². The molecule has 2 rings (SSSR count). The van der Waals surface area contributed by atoms with Gasteiger partial charge >= 0.3 is 0 Å². The third kappa shape index (κ3) is 1.64. The van der Waals surface area contributed by atoms with E-state index in [-0.39, 0.29) is 21.8 Å². The molecule has 0 aromatic heterocycles. The molecule has 0 aliphatic carbocycles. The average molecular weight is 242 g/mol. The smallest absolute Gasteiger partial charge is 0.141 e. The van der Waals surface area contributed by atoms with Crippen LogP contribution in [-0.4, -0.2) is 12.1 Å². The maximum absolute atomic E-state index is 13.2. The summed E-state index contributed by atoms with van der Waals surface area (Å²) in [5.74, 6) is -0.349. The lowest BCUT2D eigenvalue weighted by molar-refractivity contribution is 0.297. The van der Waals surface area contributed by atoms with Crippen molar-refractivity contribution in [3.63, 3.8) is 0 Å². The molecule has 0 bridgehead atoms. The van der Waals surface area contributed by atoms with Crippen LogP contribution in [0.15, 0.2) is 18.2 Å². The number of hydrogen-bond donors (Lipinski definition) is 1. The summed E-state index contributed by atoms with van der Waals surface area (Å²) in [5, 5.41) is 3.69. The fraction of sp³-hybridized carbons (Fsp3) is 0.538. The molecule has 1 saturated heterocycles. The van der Waals surface area contributed by atoms with Crippen LogP contribution in [0.4, 0.5) is 4.39 Å². The van der Waals surface area contributed by atoms with E-state index < -0.39 is 0 Å². The highest BCUT2D eigenvalue weighted by atomic mass is 35.5. The zero-order chi connectivity index (χ0) is 12.0. The van der Waals surface area contributed by atoms with E-state index in [1.807, 2.05) is 6.07 Å². The zero-order valence-electron chi connectivity index (χ0n) is 9.90. The van der Waals surface area contributed by atoms with Gasteiger partial charge in [-0.2, -0.15) is 0 Å². The standard InChI is InChI=1S/C13H17ClFN/c1-12(2)13(3,6-7-16-12)9-4-5-11(15)10(14)8-9/h4-5,8,16H,6-7H2,1-3H3. The molecule has 1 heterocycles. The van der Waals surface area contributed by atoms with E-state index in [1.165, 1.54) is 6.07 Å². The van der Waals surface area contributed by atoms with Crippen LogP contribution in [0, 0.1) is 5.82 Å². The lowest BCUT2D eigenvalue weighted by atomic mass is 9.69.